The summed E-state index contributed by atoms with van der Waals surface area (Å²) in [5.41, 5.74) is -1.38. The molecule has 1 heterocycles. The molecule has 0 aromatic carbocycles. The lowest BCUT2D eigenvalue weighted by molar-refractivity contribution is -0.147. The number of esters is 1. The van der Waals surface area contributed by atoms with Crippen LogP contribution in [0.2, 0.25) is 0 Å². The van der Waals surface area contributed by atoms with Gasteiger partial charge in [0.05, 0.1) is 7.11 Å². The average molecular weight is 272 g/mol. The van der Waals surface area contributed by atoms with E-state index in [1.165, 1.54) is 25.9 Å². The van der Waals surface area contributed by atoms with Gasteiger partial charge < -0.3 is 20.1 Å². The highest BCUT2D eigenvalue weighted by Gasteiger charge is 2.37. The van der Waals surface area contributed by atoms with Crippen molar-refractivity contribution in [3.05, 3.63) is 0 Å². The molecule has 1 unspecified atom stereocenters. The Morgan fingerprint density at radius 3 is 2.47 bits per heavy atom. The zero-order valence-electron chi connectivity index (χ0n) is 11.4. The number of nitrogens with zero attached hydrogens (tertiary/aromatic N) is 1. The molecule has 108 valence electrons. The maximum Gasteiger partial charge on any atom is 0.328 e. The van der Waals surface area contributed by atoms with Gasteiger partial charge in [-0.1, -0.05) is 0 Å². The molecule has 1 atom stereocenters. The standard InChI is InChI=1S/C12H20N2O5/c1-12(2,10(16)17)13-11(18)14-7-5-4-6-8(14)9(15)19-3/h8H,4-7H2,1-3H3,(H,13,18)(H,16,17). The Bertz CT molecular complexity index is 380. The van der Waals surface area contributed by atoms with Crippen molar-refractivity contribution in [2.24, 2.45) is 0 Å². The molecule has 0 radical (unpaired) electrons. The number of hydrogen-bond acceptors (Lipinski definition) is 4. The largest absolute Gasteiger partial charge is 0.480 e. The topological polar surface area (TPSA) is 95.9 Å². The van der Waals surface area contributed by atoms with Gasteiger partial charge in [0.2, 0.25) is 0 Å². The minimum atomic E-state index is -1.38. The van der Waals surface area contributed by atoms with E-state index in [1.54, 1.807) is 0 Å². The highest BCUT2D eigenvalue weighted by molar-refractivity contribution is 5.88. The first-order valence-electron chi connectivity index (χ1n) is 6.19. The van der Waals surface area contributed by atoms with Crippen LogP contribution in [0.1, 0.15) is 33.1 Å². The SMILES string of the molecule is COC(=O)C1CCCCN1C(=O)NC(C)(C)C(=O)O. The number of carbonyl (C=O) groups excluding carboxylic acids is 2. The molecule has 0 aromatic rings. The lowest BCUT2D eigenvalue weighted by atomic mass is 10.0. The third kappa shape index (κ3) is 3.59. The molecule has 1 fully saturated rings. The number of carbonyl (C=O) groups is 3. The van der Waals surface area contributed by atoms with Crippen LogP contribution in [0.3, 0.4) is 0 Å². The number of piperidine rings is 1. The first kappa shape index (κ1) is 15.3. The van der Waals surface area contributed by atoms with E-state index in [4.69, 9.17) is 5.11 Å². The van der Waals surface area contributed by atoms with Gasteiger partial charge in [-0.25, -0.2) is 14.4 Å². The second kappa shape index (κ2) is 5.90. The summed E-state index contributed by atoms with van der Waals surface area (Å²) >= 11 is 0. The zero-order chi connectivity index (χ0) is 14.6. The van der Waals surface area contributed by atoms with E-state index in [-0.39, 0.29) is 0 Å². The van der Waals surface area contributed by atoms with E-state index in [2.05, 4.69) is 10.1 Å². The minimum Gasteiger partial charge on any atom is -0.480 e. The van der Waals surface area contributed by atoms with E-state index >= 15 is 0 Å². The summed E-state index contributed by atoms with van der Waals surface area (Å²) in [5, 5.41) is 11.4. The van der Waals surface area contributed by atoms with E-state index in [0.717, 1.165) is 12.8 Å². The van der Waals surface area contributed by atoms with Gasteiger partial charge in [-0.3, -0.25) is 0 Å². The number of urea groups is 1. The summed E-state index contributed by atoms with van der Waals surface area (Å²) in [6, 6.07) is -1.19. The Hall–Kier alpha value is -1.79. The normalized spacial score (nSPS) is 19.7. The molecule has 0 aliphatic carbocycles. The van der Waals surface area contributed by atoms with Crippen LogP contribution < -0.4 is 5.32 Å². The fraction of sp³-hybridized carbons (Fsp3) is 0.750. The summed E-state index contributed by atoms with van der Waals surface area (Å²) in [6.45, 7) is 3.20. The maximum absolute atomic E-state index is 12.1. The van der Waals surface area contributed by atoms with Crippen molar-refractivity contribution in [3.8, 4) is 0 Å². The van der Waals surface area contributed by atoms with Crippen LogP contribution in [0.25, 0.3) is 0 Å². The number of likely N-dealkylation sites (tertiary alicyclic amines) is 1. The van der Waals surface area contributed by atoms with Crippen LogP contribution in [-0.4, -0.2) is 53.2 Å². The molecular weight excluding hydrogens is 252 g/mol. The lowest BCUT2D eigenvalue weighted by Crippen LogP contribution is -2.58. The van der Waals surface area contributed by atoms with Crippen LogP contribution in [0.5, 0.6) is 0 Å². The molecule has 19 heavy (non-hydrogen) atoms. The molecule has 2 N–H and O–H groups in total. The van der Waals surface area contributed by atoms with Gasteiger partial charge >= 0.3 is 18.0 Å². The fourth-order valence-corrected chi connectivity index (χ4v) is 1.95. The quantitative estimate of drug-likeness (QED) is 0.733. The zero-order valence-corrected chi connectivity index (χ0v) is 11.4. The van der Waals surface area contributed by atoms with Gasteiger partial charge in [0.25, 0.3) is 0 Å². The Kier molecular flexibility index (Phi) is 4.74. The van der Waals surface area contributed by atoms with Crippen molar-refractivity contribution in [1.82, 2.24) is 10.2 Å². The Morgan fingerprint density at radius 2 is 1.95 bits per heavy atom. The van der Waals surface area contributed by atoms with Crippen LogP contribution in [0.15, 0.2) is 0 Å². The van der Waals surface area contributed by atoms with Crippen LogP contribution in [-0.2, 0) is 14.3 Å². The van der Waals surface area contributed by atoms with Crippen molar-refractivity contribution >= 4 is 18.0 Å². The molecule has 0 bridgehead atoms. The monoisotopic (exact) mass is 272 g/mol. The van der Waals surface area contributed by atoms with Crippen molar-refractivity contribution in [2.45, 2.75) is 44.7 Å². The number of carboxylic acid groups (broad SMARTS) is 1. The maximum atomic E-state index is 12.1. The summed E-state index contributed by atoms with van der Waals surface area (Å²) in [5.74, 6) is -1.60. The van der Waals surface area contributed by atoms with E-state index in [9.17, 15) is 14.4 Å². The highest BCUT2D eigenvalue weighted by atomic mass is 16.5. The molecule has 0 aromatic heterocycles. The second-order valence-electron chi connectivity index (χ2n) is 5.09. The summed E-state index contributed by atoms with van der Waals surface area (Å²) in [4.78, 5) is 36.0. The molecule has 0 saturated carbocycles. The van der Waals surface area contributed by atoms with Crippen molar-refractivity contribution in [1.29, 1.82) is 0 Å². The Morgan fingerprint density at radius 1 is 1.32 bits per heavy atom. The van der Waals surface area contributed by atoms with Gasteiger partial charge in [0, 0.05) is 6.54 Å². The molecule has 2 amide bonds. The molecule has 1 aliphatic heterocycles. The number of aliphatic carboxylic acids is 1. The molecular formula is C12H20N2O5. The Balaban J connectivity index is 2.78. The van der Waals surface area contributed by atoms with Gasteiger partial charge in [0.15, 0.2) is 0 Å². The number of methoxy groups -OCH3 is 1. The predicted octanol–water partition coefficient (Wildman–Crippen LogP) is 0.587. The van der Waals surface area contributed by atoms with Gasteiger partial charge in [-0.05, 0) is 33.1 Å². The molecule has 0 spiro atoms. The first-order valence-corrected chi connectivity index (χ1v) is 6.19. The number of amides is 2. The van der Waals surface area contributed by atoms with Crippen molar-refractivity contribution in [3.63, 3.8) is 0 Å². The van der Waals surface area contributed by atoms with E-state index in [1.807, 2.05) is 0 Å². The summed E-state index contributed by atoms with van der Waals surface area (Å²) in [6.07, 6.45) is 2.16. The van der Waals surface area contributed by atoms with Crippen LogP contribution in [0, 0.1) is 0 Å². The van der Waals surface area contributed by atoms with Crippen molar-refractivity contribution in [2.75, 3.05) is 13.7 Å². The number of carboxylic acids is 1. The number of hydrogen-bond donors (Lipinski definition) is 2. The number of ether oxygens (including phenoxy) is 1. The molecule has 1 aliphatic rings. The van der Waals surface area contributed by atoms with Gasteiger partial charge in [0.1, 0.15) is 11.6 Å². The third-order valence-electron chi connectivity index (χ3n) is 3.19. The molecule has 1 saturated heterocycles. The Labute approximate surface area is 111 Å². The molecule has 7 heteroatoms. The van der Waals surface area contributed by atoms with Crippen LogP contribution >= 0.6 is 0 Å². The fourth-order valence-electron chi connectivity index (χ4n) is 1.95. The van der Waals surface area contributed by atoms with E-state index in [0.29, 0.717) is 13.0 Å². The molecule has 1 rings (SSSR count). The van der Waals surface area contributed by atoms with Crippen molar-refractivity contribution < 1.29 is 24.2 Å². The predicted molar refractivity (Wildman–Crippen MR) is 66.6 cm³/mol. The number of rotatable bonds is 3. The lowest BCUT2D eigenvalue weighted by Gasteiger charge is -2.35. The minimum absolute atomic E-state index is 0.418. The second-order valence-corrected chi connectivity index (χ2v) is 5.09. The van der Waals surface area contributed by atoms with Crippen LogP contribution in [0.4, 0.5) is 4.79 Å². The third-order valence-corrected chi connectivity index (χ3v) is 3.19. The first-order chi connectivity index (χ1) is 8.79. The summed E-state index contributed by atoms with van der Waals surface area (Å²) in [7, 11) is 1.27. The number of nitrogens with one attached hydrogen (secondary N) is 1. The molecule has 7 nitrogen and oxygen atoms in total. The highest BCUT2D eigenvalue weighted by Crippen LogP contribution is 2.19. The summed E-state index contributed by atoms with van der Waals surface area (Å²) < 4.78 is 4.67. The smallest absolute Gasteiger partial charge is 0.328 e. The van der Waals surface area contributed by atoms with Gasteiger partial charge in [-0.15, -0.1) is 0 Å². The average Bonchev–Trinajstić information content (AvgIpc) is 2.37. The van der Waals surface area contributed by atoms with E-state index < -0.39 is 29.6 Å². The van der Waals surface area contributed by atoms with Gasteiger partial charge in [-0.2, -0.15) is 0 Å².